The third kappa shape index (κ3) is 3.10. The minimum Gasteiger partial charge on any atom is -0.507 e. The average molecular weight is 304 g/mol. The number of esters is 1. The molecule has 2 aliphatic heterocycles. The second-order valence-corrected chi connectivity index (χ2v) is 6.58. The average Bonchev–Trinajstić information content (AvgIpc) is 2.96. The maximum Gasteiger partial charge on any atom is 0.341 e. The van der Waals surface area contributed by atoms with Crippen LogP contribution in [0, 0.1) is 5.41 Å². The van der Waals surface area contributed by atoms with Crippen molar-refractivity contribution in [3.05, 3.63) is 29.3 Å². The second-order valence-electron chi connectivity index (χ2n) is 6.58. The molecule has 0 aliphatic carbocycles. The summed E-state index contributed by atoms with van der Waals surface area (Å²) in [5.41, 5.74) is 1.72. The molecule has 0 saturated carbocycles. The van der Waals surface area contributed by atoms with Gasteiger partial charge in [-0.15, -0.1) is 0 Å². The maximum absolute atomic E-state index is 11.7. The summed E-state index contributed by atoms with van der Waals surface area (Å²) in [6.45, 7) is 5.25. The van der Waals surface area contributed by atoms with Gasteiger partial charge in [-0.25, -0.2) is 4.79 Å². The summed E-state index contributed by atoms with van der Waals surface area (Å²) in [6.07, 6.45) is 3.79. The van der Waals surface area contributed by atoms with E-state index < -0.39 is 5.97 Å². The third-order valence-electron chi connectivity index (χ3n) is 4.95. The predicted molar refractivity (Wildman–Crippen MR) is 83.9 cm³/mol. The van der Waals surface area contributed by atoms with Crippen molar-refractivity contribution in [2.24, 2.45) is 5.41 Å². The van der Waals surface area contributed by atoms with Crippen molar-refractivity contribution in [1.29, 1.82) is 0 Å². The molecule has 22 heavy (non-hydrogen) atoms. The van der Waals surface area contributed by atoms with E-state index in [4.69, 9.17) is 4.74 Å². The van der Waals surface area contributed by atoms with Gasteiger partial charge < -0.3 is 15.2 Å². The van der Waals surface area contributed by atoms with Crippen molar-refractivity contribution in [2.45, 2.75) is 25.8 Å². The number of ether oxygens (including phenoxy) is 1. The summed E-state index contributed by atoms with van der Waals surface area (Å²) >= 11 is 0. The predicted octanol–water partition coefficient (Wildman–Crippen LogP) is 1.75. The van der Waals surface area contributed by atoms with E-state index in [-0.39, 0.29) is 11.3 Å². The van der Waals surface area contributed by atoms with Gasteiger partial charge in [-0.1, -0.05) is 6.07 Å². The Morgan fingerprint density at radius 3 is 3.05 bits per heavy atom. The van der Waals surface area contributed by atoms with Gasteiger partial charge in [-0.05, 0) is 55.5 Å². The molecule has 5 nitrogen and oxygen atoms in total. The van der Waals surface area contributed by atoms with Gasteiger partial charge >= 0.3 is 5.97 Å². The Kier molecular flexibility index (Phi) is 4.36. The first-order valence-electron chi connectivity index (χ1n) is 7.95. The Hall–Kier alpha value is -1.59. The van der Waals surface area contributed by atoms with Crippen LogP contribution in [-0.4, -0.2) is 49.3 Å². The molecular formula is C17H24N2O3. The lowest BCUT2D eigenvalue weighted by atomic mass is 9.79. The largest absolute Gasteiger partial charge is 0.507 e. The third-order valence-corrected chi connectivity index (χ3v) is 4.95. The highest BCUT2D eigenvalue weighted by Gasteiger charge is 2.37. The van der Waals surface area contributed by atoms with Gasteiger partial charge in [0.05, 0.1) is 7.11 Å². The molecule has 5 heteroatoms. The van der Waals surface area contributed by atoms with Crippen LogP contribution in [0.25, 0.3) is 0 Å². The summed E-state index contributed by atoms with van der Waals surface area (Å²) < 4.78 is 4.72. The van der Waals surface area contributed by atoms with Gasteiger partial charge in [0.15, 0.2) is 0 Å². The van der Waals surface area contributed by atoms with Crippen molar-refractivity contribution < 1.29 is 14.6 Å². The first-order valence-corrected chi connectivity index (χ1v) is 7.95. The smallest absolute Gasteiger partial charge is 0.341 e. The first-order chi connectivity index (χ1) is 10.6. The van der Waals surface area contributed by atoms with Gasteiger partial charge in [0.1, 0.15) is 11.3 Å². The van der Waals surface area contributed by atoms with Crippen molar-refractivity contribution in [1.82, 2.24) is 10.2 Å². The highest BCUT2D eigenvalue weighted by molar-refractivity contribution is 5.92. The number of hydrogen-bond acceptors (Lipinski definition) is 5. The van der Waals surface area contributed by atoms with Gasteiger partial charge in [0.2, 0.25) is 0 Å². The fraction of sp³-hybridized carbons (Fsp3) is 0.588. The number of phenolic OH excluding ortho intramolecular Hbond substituents is 1. The second kappa shape index (κ2) is 6.26. The number of carbonyl (C=O) groups excluding carboxylic acids is 1. The number of benzene rings is 1. The van der Waals surface area contributed by atoms with Crippen LogP contribution < -0.4 is 5.32 Å². The van der Waals surface area contributed by atoms with E-state index in [2.05, 4.69) is 10.2 Å². The van der Waals surface area contributed by atoms with Crippen LogP contribution in [0.4, 0.5) is 0 Å². The lowest BCUT2D eigenvalue weighted by Crippen LogP contribution is -2.44. The SMILES string of the molecule is COC(=O)c1cc(CN2CCCC3(CCNC3)C2)ccc1O. The number of hydrogen-bond donors (Lipinski definition) is 2. The molecule has 120 valence electrons. The van der Waals surface area contributed by atoms with Crippen LogP contribution in [0.3, 0.4) is 0 Å². The van der Waals surface area contributed by atoms with Crippen LogP contribution in [0.15, 0.2) is 18.2 Å². The molecule has 0 aromatic heterocycles. The molecule has 3 rings (SSSR count). The van der Waals surface area contributed by atoms with Crippen molar-refractivity contribution in [3.63, 3.8) is 0 Å². The number of piperidine rings is 1. The minimum absolute atomic E-state index is 0.0225. The number of rotatable bonds is 3. The number of carbonyl (C=O) groups is 1. The van der Waals surface area contributed by atoms with E-state index in [1.54, 1.807) is 12.1 Å². The molecule has 2 saturated heterocycles. The summed E-state index contributed by atoms with van der Waals surface area (Å²) in [4.78, 5) is 14.1. The zero-order valence-electron chi connectivity index (χ0n) is 13.1. The molecule has 1 atom stereocenters. The molecule has 0 bridgehead atoms. The Labute approximate surface area is 131 Å². The Balaban J connectivity index is 1.71. The number of likely N-dealkylation sites (tertiary alicyclic amines) is 1. The monoisotopic (exact) mass is 304 g/mol. The summed E-state index contributed by atoms with van der Waals surface area (Å²) in [7, 11) is 1.33. The quantitative estimate of drug-likeness (QED) is 0.833. The fourth-order valence-corrected chi connectivity index (χ4v) is 3.80. The molecule has 1 unspecified atom stereocenters. The van der Waals surface area contributed by atoms with Crippen LogP contribution in [0.1, 0.15) is 35.2 Å². The van der Waals surface area contributed by atoms with E-state index in [0.717, 1.165) is 38.3 Å². The van der Waals surface area contributed by atoms with Crippen molar-refractivity contribution >= 4 is 5.97 Å². The molecule has 2 heterocycles. The van der Waals surface area contributed by atoms with Crippen LogP contribution in [-0.2, 0) is 11.3 Å². The van der Waals surface area contributed by atoms with Crippen molar-refractivity contribution in [3.8, 4) is 5.75 Å². The highest BCUT2D eigenvalue weighted by Crippen LogP contribution is 2.36. The Bertz CT molecular complexity index is 553. The molecular weight excluding hydrogens is 280 g/mol. The number of phenols is 1. The summed E-state index contributed by atoms with van der Waals surface area (Å²) in [5, 5.41) is 13.3. The number of aromatic hydroxyl groups is 1. The zero-order valence-corrected chi connectivity index (χ0v) is 13.1. The Morgan fingerprint density at radius 1 is 1.45 bits per heavy atom. The van der Waals surface area contributed by atoms with E-state index >= 15 is 0 Å². The molecule has 1 aromatic carbocycles. The highest BCUT2D eigenvalue weighted by atomic mass is 16.5. The number of nitrogens with zero attached hydrogens (tertiary/aromatic N) is 1. The summed E-state index contributed by atoms with van der Waals surface area (Å²) in [5.74, 6) is -0.514. The molecule has 0 radical (unpaired) electrons. The standard InChI is InChI=1S/C17H24N2O3/c1-22-16(21)14-9-13(3-4-15(14)20)10-19-8-2-5-17(12-19)6-7-18-11-17/h3-4,9,18,20H,2,5-8,10-12H2,1H3. The lowest BCUT2D eigenvalue weighted by Gasteiger charge is -2.40. The minimum atomic E-state index is -0.491. The molecule has 1 spiro atoms. The zero-order chi connectivity index (χ0) is 15.6. The van der Waals surface area contributed by atoms with Crippen LogP contribution >= 0.6 is 0 Å². The Morgan fingerprint density at radius 2 is 2.32 bits per heavy atom. The van der Waals surface area contributed by atoms with Gasteiger partial charge in [-0.3, -0.25) is 4.90 Å². The van der Waals surface area contributed by atoms with Gasteiger partial charge in [0.25, 0.3) is 0 Å². The molecule has 2 N–H and O–H groups in total. The molecule has 0 amide bonds. The topological polar surface area (TPSA) is 61.8 Å². The normalized spacial score (nSPS) is 25.5. The molecule has 2 fully saturated rings. The van der Waals surface area contributed by atoms with Gasteiger partial charge in [0, 0.05) is 19.6 Å². The van der Waals surface area contributed by atoms with E-state index in [1.807, 2.05) is 6.07 Å². The lowest BCUT2D eigenvalue weighted by molar-refractivity contribution is 0.0596. The van der Waals surface area contributed by atoms with E-state index in [0.29, 0.717) is 5.41 Å². The van der Waals surface area contributed by atoms with E-state index in [9.17, 15) is 9.90 Å². The summed E-state index contributed by atoms with van der Waals surface area (Å²) in [6, 6.07) is 5.21. The number of methoxy groups -OCH3 is 1. The number of nitrogens with one attached hydrogen (secondary N) is 1. The first kappa shape index (κ1) is 15.3. The molecule has 2 aliphatic rings. The maximum atomic E-state index is 11.7. The fourth-order valence-electron chi connectivity index (χ4n) is 3.80. The van der Waals surface area contributed by atoms with Crippen LogP contribution in [0.5, 0.6) is 5.75 Å². The van der Waals surface area contributed by atoms with E-state index in [1.165, 1.54) is 26.4 Å². The van der Waals surface area contributed by atoms with Gasteiger partial charge in [-0.2, -0.15) is 0 Å². The van der Waals surface area contributed by atoms with Crippen LogP contribution in [0.2, 0.25) is 0 Å². The van der Waals surface area contributed by atoms with Crippen molar-refractivity contribution in [2.75, 3.05) is 33.3 Å². The molecule has 1 aromatic rings.